The number of halogens is 1. The van der Waals surface area contributed by atoms with Gasteiger partial charge in [-0.05, 0) is 48.4 Å². The lowest BCUT2D eigenvalue weighted by atomic mass is 10.0. The largest absolute Gasteiger partial charge is 1.00 e. The van der Waals surface area contributed by atoms with Crippen LogP contribution >= 0.6 is 0 Å². The first kappa shape index (κ1) is 24.7. The summed E-state index contributed by atoms with van der Waals surface area (Å²) < 4.78 is 6.15. The smallest absolute Gasteiger partial charge is 0.360 e. The molecule has 31 heavy (non-hydrogen) atoms. The summed E-state index contributed by atoms with van der Waals surface area (Å²) >= 11 is 0. The quantitative estimate of drug-likeness (QED) is 0.357. The first-order valence-electron chi connectivity index (χ1n) is 10.1. The van der Waals surface area contributed by atoms with Crippen molar-refractivity contribution in [2.24, 2.45) is 0 Å². The van der Waals surface area contributed by atoms with Gasteiger partial charge in [-0.2, -0.15) is 0 Å². The van der Waals surface area contributed by atoms with E-state index in [9.17, 15) is 4.79 Å². The summed E-state index contributed by atoms with van der Waals surface area (Å²) in [6.45, 7) is 0. The number of rotatable bonds is 8. The van der Waals surface area contributed by atoms with Gasteiger partial charge in [0.1, 0.15) is 0 Å². The second-order valence-electron chi connectivity index (χ2n) is 7.81. The Kier molecular flexibility index (Phi) is 8.86. The number of aliphatic carboxylic acids is 1. The normalized spacial score (nSPS) is 10.3. The van der Waals surface area contributed by atoms with Crippen LogP contribution < -0.4 is 33.8 Å². The molecule has 0 amide bonds. The van der Waals surface area contributed by atoms with Crippen LogP contribution in [0.3, 0.4) is 0 Å². The fourth-order valence-corrected chi connectivity index (χ4v) is 3.28. The number of anilines is 2. The summed E-state index contributed by atoms with van der Waals surface area (Å²) in [5, 5.41) is 8.96. The van der Waals surface area contributed by atoms with E-state index >= 15 is 0 Å². The van der Waals surface area contributed by atoms with E-state index in [1.165, 1.54) is 0 Å². The molecule has 0 bridgehead atoms. The Morgan fingerprint density at radius 1 is 0.806 bits per heavy atom. The van der Waals surface area contributed by atoms with Crippen molar-refractivity contribution in [3.8, 4) is 22.5 Å². The number of carbonyl (C=O) groups is 1. The van der Waals surface area contributed by atoms with E-state index in [0.29, 0.717) is 12.8 Å². The Balaban J connectivity index is 0.00000341. The standard InChI is InChI=1S/C25H28N2O3.HI/c1-26(2)21-12-8-18(9-13-21)20-16-23(6-5-7-25(28)29)30-24(17-20)19-10-14-22(15-11-19)27(3)4;/h8-17H,5-7H2,1-4H3;1H. The second-order valence-corrected chi connectivity index (χ2v) is 7.81. The van der Waals surface area contributed by atoms with Gasteiger partial charge < -0.3 is 38.9 Å². The summed E-state index contributed by atoms with van der Waals surface area (Å²) in [4.78, 5) is 15.0. The number of hydrogen-bond acceptors (Lipinski definition) is 3. The van der Waals surface area contributed by atoms with Gasteiger partial charge in [-0.25, -0.2) is 4.42 Å². The number of hydrogen-bond donors (Lipinski definition) is 1. The van der Waals surface area contributed by atoms with E-state index in [1.807, 2.05) is 46.4 Å². The summed E-state index contributed by atoms with van der Waals surface area (Å²) in [7, 11) is 8.06. The molecule has 1 heterocycles. The Morgan fingerprint density at radius 3 is 1.81 bits per heavy atom. The molecule has 0 fully saturated rings. The molecule has 6 heteroatoms. The summed E-state index contributed by atoms with van der Waals surface area (Å²) in [5.74, 6) is 0.780. The minimum absolute atomic E-state index is 0. The SMILES string of the molecule is CN(C)c1ccc(-c2cc(CCCC(=O)O)[o+]c(-c3ccc(N(C)C)cc3)c2)cc1.[I-]. The second kappa shape index (κ2) is 11.1. The Hall–Kier alpha value is -2.61. The Labute approximate surface area is 201 Å². The molecule has 0 aliphatic heterocycles. The van der Waals surface area contributed by atoms with Gasteiger partial charge in [0.05, 0.1) is 18.1 Å². The van der Waals surface area contributed by atoms with Crippen LogP contribution in [0.15, 0.2) is 65.1 Å². The van der Waals surface area contributed by atoms with Crippen LogP contribution in [0.5, 0.6) is 0 Å². The third kappa shape index (κ3) is 6.69. The molecule has 0 atom stereocenters. The molecule has 0 aliphatic rings. The van der Waals surface area contributed by atoms with E-state index < -0.39 is 5.97 Å². The molecule has 0 saturated heterocycles. The molecule has 3 rings (SSSR count). The van der Waals surface area contributed by atoms with Crippen LogP contribution in [0.1, 0.15) is 18.6 Å². The predicted molar refractivity (Wildman–Crippen MR) is 123 cm³/mol. The minimum atomic E-state index is -0.787. The molecule has 0 spiro atoms. The molecular weight excluding hydrogens is 503 g/mol. The van der Waals surface area contributed by atoms with Gasteiger partial charge in [-0.3, -0.25) is 4.79 Å². The summed E-state index contributed by atoms with van der Waals surface area (Å²) in [6, 6.07) is 20.7. The van der Waals surface area contributed by atoms with Gasteiger partial charge in [0.2, 0.25) is 0 Å². The molecule has 3 aromatic rings. The van der Waals surface area contributed by atoms with Crippen molar-refractivity contribution < 1.29 is 38.3 Å². The van der Waals surface area contributed by atoms with Crippen LogP contribution in [0, 0.1) is 0 Å². The number of aryl methyl sites for hydroxylation is 1. The zero-order chi connectivity index (χ0) is 21.7. The Bertz CT molecular complexity index is 931. The van der Waals surface area contributed by atoms with E-state index in [2.05, 4.69) is 52.3 Å². The van der Waals surface area contributed by atoms with Crippen LogP contribution in [0.4, 0.5) is 11.4 Å². The van der Waals surface area contributed by atoms with E-state index in [-0.39, 0.29) is 30.4 Å². The third-order valence-corrected chi connectivity index (χ3v) is 5.04. The molecule has 0 aliphatic carbocycles. The fourth-order valence-electron chi connectivity index (χ4n) is 3.28. The van der Waals surface area contributed by atoms with Crippen LogP contribution in [-0.4, -0.2) is 39.3 Å². The lowest BCUT2D eigenvalue weighted by Gasteiger charge is -2.12. The highest BCUT2D eigenvalue weighted by Gasteiger charge is 2.19. The zero-order valence-electron chi connectivity index (χ0n) is 18.4. The van der Waals surface area contributed by atoms with E-state index in [4.69, 9.17) is 9.52 Å². The molecule has 0 unspecified atom stereocenters. The van der Waals surface area contributed by atoms with Gasteiger partial charge in [0.25, 0.3) is 0 Å². The third-order valence-electron chi connectivity index (χ3n) is 5.04. The highest BCUT2D eigenvalue weighted by atomic mass is 127. The first-order valence-corrected chi connectivity index (χ1v) is 10.1. The van der Waals surface area contributed by atoms with Crippen molar-refractivity contribution in [2.45, 2.75) is 19.3 Å². The fraction of sp³-hybridized carbons (Fsp3) is 0.280. The lowest BCUT2D eigenvalue weighted by Crippen LogP contribution is -3.00. The number of nitrogens with zero attached hydrogens (tertiary/aromatic N) is 2. The average molecular weight is 532 g/mol. The molecule has 2 aromatic carbocycles. The minimum Gasteiger partial charge on any atom is -1.00 e. The van der Waals surface area contributed by atoms with Gasteiger partial charge in [0.15, 0.2) is 0 Å². The molecule has 164 valence electrons. The van der Waals surface area contributed by atoms with E-state index in [0.717, 1.165) is 39.6 Å². The van der Waals surface area contributed by atoms with Crippen molar-refractivity contribution in [2.75, 3.05) is 38.0 Å². The van der Waals surface area contributed by atoms with Gasteiger partial charge >= 0.3 is 17.5 Å². The first-order chi connectivity index (χ1) is 14.3. The van der Waals surface area contributed by atoms with Crippen LogP contribution in [0.25, 0.3) is 22.5 Å². The van der Waals surface area contributed by atoms with Gasteiger partial charge in [-0.15, -0.1) is 0 Å². The summed E-state index contributed by atoms with van der Waals surface area (Å²) in [5.41, 5.74) is 5.41. The molecular formula is C25H29IN2O3. The average Bonchev–Trinajstić information content (AvgIpc) is 2.73. The van der Waals surface area contributed by atoms with Crippen molar-refractivity contribution >= 4 is 17.3 Å². The molecule has 5 nitrogen and oxygen atoms in total. The zero-order valence-corrected chi connectivity index (χ0v) is 20.6. The van der Waals surface area contributed by atoms with Crippen LogP contribution in [-0.2, 0) is 11.2 Å². The Morgan fingerprint density at radius 2 is 1.32 bits per heavy atom. The molecule has 0 saturated carbocycles. The highest BCUT2D eigenvalue weighted by Crippen LogP contribution is 2.31. The maximum absolute atomic E-state index is 10.9. The van der Waals surface area contributed by atoms with Crippen LogP contribution in [0.2, 0.25) is 0 Å². The highest BCUT2D eigenvalue weighted by molar-refractivity contribution is 5.72. The monoisotopic (exact) mass is 532 g/mol. The molecule has 1 N–H and O–H groups in total. The topological polar surface area (TPSA) is 55.1 Å². The number of carboxylic acid groups (broad SMARTS) is 1. The predicted octanol–water partition coefficient (Wildman–Crippen LogP) is 2.44. The number of carboxylic acids is 1. The van der Waals surface area contributed by atoms with Crippen molar-refractivity contribution in [3.05, 3.63) is 66.4 Å². The van der Waals surface area contributed by atoms with Crippen molar-refractivity contribution in [1.29, 1.82) is 0 Å². The van der Waals surface area contributed by atoms with Crippen molar-refractivity contribution in [1.82, 2.24) is 0 Å². The lowest BCUT2D eigenvalue weighted by molar-refractivity contribution is -0.137. The van der Waals surface area contributed by atoms with Crippen molar-refractivity contribution in [3.63, 3.8) is 0 Å². The summed E-state index contributed by atoms with van der Waals surface area (Å²) in [6.07, 6.45) is 1.25. The van der Waals surface area contributed by atoms with Gasteiger partial charge in [-0.1, -0.05) is 12.1 Å². The molecule has 0 radical (unpaired) electrons. The van der Waals surface area contributed by atoms with E-state index in [1.54, 1.807) is 0 Å². The number of benzene rings is 2. The molecule has 1 aromatic heterocycles. The maximum Gasteiger partial charge on any atom is 0.360 e. The van der Waals surface area contributed by atoms with Gasteiger partial charge in [0, 0.05) is 57.6 Å². The maximum atomic E-state index is 10.9.